The molecule has 0 fully saturated rings. The van der Waals surface area contributed by atoms with Gasteiger partial charge in [-0.3, -0.25) is 0 Å². The highest BCUT2D eigenvalue weighted by molar-refractivity contribution is 7.87. The van der Waals surface area contributed by atoms with E-state index in [0.717, 1.165) is 22.3 Å². The largest absolute Gasteiger partial charge is 0.445 e. The lowest BCUT2D eigenvalue weighted by Crippen LogP contribution is -2.34. The Labute approximate surface area is 221 Å². The zero-order valence-corrected chi connectivity index (χ0v) is 21.4. The third kappa shape index (κ3) is 8.23. The second kappa shape index (κ2) is 13.0. The standard InChI is InChI=1S/C27H29N5O5S/c28-38(34,35)32-24(13-7-8-18-29-27(33)36-19-20-9-3-1-4-10-20)26-30-25(31-37-26)23-16-14-22(15-17-23)21-11-5-2-6-12-21/h1-6,9-12,14-17,24,32H,7-8,13,18-19H2,(H,29,33)(H2,28,34,35). The van der Waals surface area contributed by atoms with Crippen LogP contribution in [0.4, 0.5) is 4.79 Å². The maximum absolute atomic E-state index is 11.9. The van der Waals surface area contributed by atoms with E-state index in [2.05, 4.69) is 20.2 Å². The highest BCUT2D eigenvalue weighted by atomic mass is 32.2. The number of carbonyl (C=O) groups is 1. The first-order chi connectivity index (χ1) is 18.4. The van der Waals surface area contributed by atoms with Crippen molar-refractivity contribution in [1.82, 2.24) is 20.2 Å². The summed E-state index contributed by atoms with van der Waals surface area (Å²) in [6.45, 7) is 0.542. The summed E-state index contributed by atoms with van der Waals surface area (Å²) in [5.41, 5.74) is 3.76. The normalized spacial score (nSPS) is 12.1. The number of nitrogens with one attached hydrogen (secondary N) is 2. The lowest BCUT2D eigenvalue weighted by molar-refractivity contribution is 0.139. The minimum absolute atomic E-state index is 0.108. The number of hydrogen-bond donors (Lipinski definition) is 3. The summed E-state index contributed by atoms with van der Waals surface area (Å²) >= 11 is 0. The third-order valence-electron chi connectivity index (χ3n) is 5.70. The molecule has 0 aliphatic carbocycles. The smallest absolute Gasteiger partial charge is 0.407 e. The highest BCUT2D eigenvalue weighted by Crippen LogP contribution is 2.25. The number of hydrogen-bond acceptors (Lipinski definition) is 7. The van der Waals surface area contributed by atoms with Crippen LogP contribution in [0.25, 0.3) is 22.5 Å². The van der Waals surface area contributed by atoms with E-state index < -0.39 is 22.3 Å². The Morgan fingerprint density at radius 2 is 1.53 bits per heavy atom. The summed E-state index contributed by atoms with van der Waals surface area (Å²) in [6.07, 6.45) is 0.944. The first kappa shape index (κ1) is 27.0. The summed E-state index contributed by atoms with van der Waals surface area (Å²) < 4.78 is 36.4. The molecule has 0 spiro atoms. The van der Waals surface area contributed by atoms with Gasteiger partial charge >= 0.3 is 6.09 Å². The van der Waals surface area contributed by atoms with E-state index in [1.807, 2.05) is 84.9 Å². The highest BCUT2D eigenvalue weighted by Gasteiger charge is 2.23. The van der Waals surface area contributed by atoms with Crippen LogP contribution in [0.5, 0.6) is 0 Å². The predicted octanol–water partition coefficient (Wildman–Crippen LogP) is 4.33. The van der Waals surface area contributed by atoms with Crippen molar-refractivity contribution in [1.29, 1.82) is 0 Å². The molecule has 4 N–H and O–H groups in total. The summed E-state index contributed by atoms with van der Waals surface area (Å²) in [4.78, 5) is 16.3. The fourth-order valence-electron chi connectivity index (χ4n) is 3.81. The van der Waals surface area contributed by atoms with Crippen LogP contribution in [-0.2, 0) is 21.6 Å². The molecule has 0 bridgehead atoms. The third-order valence-corrected chi connectivity index (χ3v) is 6.31. The topological polar surface area (TPSA) is 149 Å². The van der Waals surface area contributed by atoms with E-state index in [-0.39, 0.29) is 12.5 Å². The Morgan fingerprint density at radius 3 is 2.21 bits per heavy atom. The number of nitrogens with zero attached hydrogens (tertiary/aromatic N) is 2. The lowest BCUT2D eigenvalue weighted by Gasteiger charge is -2.13. The van der Waals surface area contributed by atoms with Crippen molar-refractivity contribution in [3.8, 4) is 22.5 Å². The van der Waals surface area contributed by atoms with Gasteiger partial charge in [-0.1, -0.05) is 90.1 Å². The zero-order valence-electron chi connectivity index (χ0n) is 20.6. The Hall–Kier alpha value is -4.06. The van der Waals surface area contributed by atoms with E-state index >= 15 is 0 Å². The van der Waals surface area contributed by atoms with Crippen LogP contribution in [0.2, 0.25) is 0 Å². The monoisotopic (exact) mass is 535 g/mol. The number of amides is 1. The van der Waals surface area contributed by atoms with E-state index in [9.17, 15) is 13.2 Å². The van der Waals surface area contributed by atoms with Gasteiger partial charge in [0.15, 0.2) is 0 Å². The number of nitrogens with two attached hydrogens (primary N) is 1. The second-order valence-electron chi connectivity index (χ2n) is 8.60. The second-order valence-corrected chi connectivity index (χ2v) is 9.93. The summed E-state index contributed by atoms with van der Waals surface area (Å²) in [6, 6.07) is 26.2. The predicted molar refractivity (Wildman–Crippen MR) is 143 cm³/mol. The maximum atomic E-state index is 11.9. The van der Waals surface area contributed by atoms with Gasteiger partial charge in [-0.2, -0.15) is 18.1 Å². The van der Waals surface area contributed by atoms with E-state index in [1.165, 1.54) is 0 Å². The van der Waals surface area contributed by atoms with Crippen molar-refractivity contribution in [2.24, 2.45) is 5.14 Å². The van der Waals surface area contributed by atoms with Gasteiger partial charge in [-0.25, -0.2) is 9.93 Å². The quantitative estimate of drug-likeness (QED) is 0.229. The molecule has 1 heterocycles. The molecular formula is C27H29N5O5S. The van der Waals surface area contributed by atoms with E-state index in [4.69, 9.17) is 14.4 Å². The lowest BCUT2D eigenvalue weighted by atomic mass is 10.0. The maximum Gasteiger partial charge on any atom is 0.407 e. The number of rotatable bonds is 12. The number of carbonyl (C=O) groups excluding carboxylic acids is 1. The van der Waals surface area contributed by atoms with Gasteiger partial charge in [0, 0.05) is 12.1 Å². The van der Waals surface area contributed by atoms with Crippen LogP contribution < -0.4 is 15.2 Å². The van der Waals surface area contributed by atoms with Gasteiger partial charge in [0.05, 0.1) is 0 Å². The van der Waals surface area contributed by atoms with Gasteiger partial charge in [0.25, 0.3) is 10.2 Å². The van der Waals surface area contributed by atoms with Crippen LogP contribution in [0, 0.1) is 0 Å². The number of aromatic nitrogens is 2. The molecule has 4 rings (SSSR count). The average molecular weight is 536 g/mol. The summed E-state index contributed by atoms with van der Waals surface area (Å²) in [5, 5.41) is 11.9. The fourth-order valence-corrected chi connectivity index (χ4v) is 4.42. The molecule has 0 radical (unpaired) electrons. The van der Waals surface area contributed by atoms with E-state index in [0.29, 0.717) is 31.6 Å². The van der Waals surface area contributed by atoms with Gasteiger partial charge in [0.2, 0.25) is 11.7 Å². The number of benzene rings is 3. The molecule has 0 aliphatic rings. The first-order valence-corrected chi connectivity index (χ1v) is 13.7. The molecule has 1 amide bonds. The molecule has 4 aromatic rings. The molecule has 0 saturated heterocycles. The summed E-state index contributed by atoms with van der Waals surface area (Å²) in [5.74, 6) is 0.444. The van der Waals surface area contributed by atoms with Gasteiger partial charge in [-0.05, 0) is 36.0 Å². The van der Waals surface area contributed by atoms with Gasteiger partial charge in [-0.15, -0.1) is 0 Å². The van der Waals surface area contributed by atoms with Crippen molar-refractivity contribution < 1.29 is 22.5 Å². The van der Waals surface area contributed by atoms with E-state index in [1.54, 1.807) is 0 Å². The SMILES string of the molecule is NS(=O)(=O)NC(CCCCNC(=O)OCc1ccccc1)c1nc(-c2ccc(-c3ccccc3)cc2)no1. The minimum Gasteiger partial charge on any atom is -0.445 e. The number of ether oxygens (including phenoxy) is 1. The molecule has 0 saturated carbocycles. The zero-order chi connectivity index (χ0) is 26.8. The molecular weight excluding hydrogens is 506 g/mol. The number of alkyl carbamates (subject to hydrolysis) is 1. The Balaban J connectivity index is 1.30. The van der Waals surface area contributed by atoms with Crippen LogP contribution >= 0.6 is 0 Å². The minimum atomic E-state index is -4.02. The molecule has 0 aliphatic heterocycles. The van der Waals surface area contributed by atoms with Crippen LogP contribution in [0.3, 0.4) is 0 Å². The van der Waals surface area contributed by atoms with Crippen LogP contribution in [0.15, 0.2) is 89.5 Å². The molecule has 1 atom stereocenters. The van der Waals surface area contributed by atoms with Crippen molar-refractivity contribution in [3.63, 3.8) is 0 Å². The summed E-state index contributed by atoms with van der Waals surface area (Å²) in [7, 11) is -4.02. The average Bonchev–Trinajstić information content (AvgIpc) is 3.42. The molecule has 38 heavy (non-hydrogen) atoms. The van der Waals surface area contributed by atoms with Crippen molar-refractivity contribution in [3.05, 3.63) is 96.4 Å². The van der Waals surface area contributed by atoms with Crippen molar-refractivity contribution in [2.75, 3.05) is 6.54 Å². The molecule has 1 aromatic heterocycles. The van der Waals surface area contributed by atoms with Crippen LogP contribution in [0.1, 0.15) is 36.8 Å². The van der Waals surface area contributed by atoms with Crippen molar-refractivity contribution >= 4 is 16.3 Å². The van der Waals surface area contributed by atoms with Gasteiger partial charge in [0.1, 0.15) is 12.6 Å². The Bertz CT molecular complexity index is 1410. The Kier molecular flexibility index (Phi) is 9.20. The molecule has 3 aromatic carbocycles. The van der Waals surface area contributed by atoms with Gasteiger partial charge < -0.3 is 14.6 Å². The molecule has 198 valence electrons. The number of unbranched alkanes of at least 4 members (excludes halogenated alkanes) is 1. The first-order valence-electron chi connectivity index (χ1n) is 12.1. The van der Waals surface area contributed by atoms with Crippen molar-refractivity contribution in [2.45, 2.75) is 31.9 Å². The van der Waals surface area contributed by atoms with Crippen LogP contribution in [-0.4, -0.2) is 31.2 Å². The fraction of sp³-hybridized carbons (Fsp3) is 0.222. The molecule has 10 nitrogen and oxygen atoms in total. The molecule has 1 unspecified atom stereocenters. The molecule has 11 heteroatoms. The Morgan fingerprint density at radius 1 is 0.895 bits per heavy atom.